The molecule has 0 unspecified atom stereocenters. The van der Waals surface area contributed by atoms with Crippen LogP contribution in [0.15, 0.2) is 66.7 Å². The van der Waals surface area contributed by atoms with Gasteiger partial charge in [0.1, 0.15) is 5.75 Å². The first kappa shape index (κ1) is 16.5. The van der Waals surface area contributed by atoms with E-state index in [-0.39, 0.29) is 0 Å². The Balaban J connectivity index is 1.78. The molecule has 0 bridgehead atoms. The Morgan fingerprint density at radius 1 is 0.833 bits per heavy atom. The Labute approximate surface area is 144 Å². The molecule has 0 saturated carbocycles. The minimum atomic E-state index is 0.778. The van der Waals surface area contributed by atoms with Crippen LogP contribution in [0, 0.1) is 0 Å². The minimum Gasteiger partial charge on any atom is -0.493 e. The first-order chi connectivity index (χ1) is 11.9. The summed E-state index contributed by atoms with van der Waals surface area (Å²) in [4.78, 5) is 0. The summed E-state index contributed by atoms with van der Waals surface area (Å²) >= 11 is 0. The summed E-state index contributed by atoms with van der Waals surface area (Å²) < 4.78 is 6.05. The second-order valence-corrected chi connectivity index (χ2v) is 6.05. The SMILES string of the molecule is CCCCOc1ccc2ccccc2c1CNCc1ccccc1. The van der Waals surface area contributed by atoms with Crippen LogP contribution < -0.4 is 10.1 Å². The molecule has 1 N–H and O–H groups in total. The van der Waals surface area contributed by atoms with Gasteiger partial charge in [-0.05, 0) is 28.8 Å². The maximum atomic E-state index is 6.05. The van der Waals surface area contributed by atoms with E-state index in [1.54, 1.807) is 0 Å². The lowest BCUT2D eigenvalue weighted by Gasteiger charge is -2.15. The summed E-state index contributed by atoms with van der Waals surface area (Å²) in [5.41, 5.74) is 2.55. The number of nitrogens with one attached hydrogen (secondary N) is 1. The molecular formula is C22H25NO. The highest BCUT2D eigenvalue weighted by atomic mass is 16.5. The van der Waals surface area contributed by atoms with Crippen LogP contribution in [0.2, 0.25) is 0 Å². The predicted octanol–water partition coefficient (Wildman–Crippen LogP) is 5.31. The van der Waals surface area contributed by atoms with Crippen molar-refractivity contribution in [2.45, 2.75) is 32.9 Å². The number of hydrogen-bond acceptors (Lipinski definition) is 2. The molecule has 3 aromatic carbocycles. The minimum absolute atomic E-state index is 0.778. The van der Waals surface area contributed by atoms with Crippen LogP contribution in [0.3, 0.4) is 0 Å². The van der Waals surface area contributed by atoms with E-state index in [0.29, 0.717) is 0 Å². The van der Waals surface area contributed by atoms with E-state index in [4.69, 9.17) is 4.74 Å². The van der Waals surface area contributed by atoms with Crippen molar-refractivity contribution in [1.82, 2.24) is 5.32 Å². The third kappa shape index (κ3) is 4.15. The molecule has 0 aliphatic rings. The van der Waals surface area contributed by atoms with Crippen LogP contribution in [0.4, 0.5) is 0 Å². The maximum absolute atomic E-state index is 6.05. The van der Waals surface area contributed by atoms with Crippen molar-refractivity contribution < 1.29 is 4.74 Å². The average Bonchev–Trinajstić information content (AvgIpc) is 2.64. The van der Waals surface area contributed by atoms with Crippen molar-refractivity contribution in [2.24, 2.45) is 0 Å². The molecule has 124 valence electrons. The zero-order valence-corrected chi connectivity index (χ0v) is 14.3. The molecule has 0 amide bonds. The van der Waals surface area contributed by atoms with Crippen LogP contribution in [0.25, 0.3) is 10.8 Å². The molecule has 0 aliphatic carbocycles. The topological polar surface area (TPSA) is 21.3 Å². The Morgan fingerprint density at radius 3 is 2.46 bits per heavy atom. The number of rotatable bonds is 8. The van der Waals surface area contributed by atoms with Gasteiger partial charge in [-0.2, -0.15) is 0 Å². The predicted molar refractivity (Wildman–Crippen MR) is 101 cm³/mol. The third-order valence-corrected chi connectivity index (χ3v) is 4.23. The van der Waals surface area contributed by atoms with Gasteiger partial charge >= 0.3 is 0 Å². The number of benzene rings is 3. The Hall–Kier alpha value is -2.32. The fourth-order valence-electron chi connectivity index (χ4n) is 2.89. The molecule has 0 aromatic heterocycles. The molecule has 0 heterocycles. The molecule has 0 atom stereocenters. The van der Waals surface area contributed by atoms with Crippen molar-refractivity contribution in [3.63, 3.8) is 0 Å². The molecular weight excluding hydrogens is 294 g/mol. The molecule has 0 fully saturated rings. The molecule has 0 saturated heterocycles. The Morgan fingerprint density at radius 2 is 1.62 bits per heavy atom. The zero-order chi connectivity index (χ0) is 16.6. The van der Waals surface area contributed by atoms with Crippen LogP contribution in [0.5, 0.6) is 5.75 Å². The zero-order valence-electron chi connectivity index (χ0n) is 14.3. The van der Waals surface area contributed by atoms with E-state index in [1.807, 2.05) is 6.07 Å². The fourth-order valence-corrected chi connectivity index (χ4v) is 2.89. The van der Waals surface area contributed by atoms with E-state index >= 15 is 0 Å². The normalized spacial score (nSPS) is 10.9. The van der Waals surface area contributed by atoms with Gasteiger partial charge in [-0.3, -0.25) is 0 Å². The first-order valence-corrected chi connectivity index (χ1v) is 8.76. The largest absolute Gasteiger partial charge is 0.493 e. The van der Waals surface area contributed by atoms with Crippen LogP contribution >= 0.6 is 0 Å². The Bertz CT molecular complexity index is 767. The van der Waals surface area contributed by atoms with Crippen molar-refractivity contribution in [1.29, 1.82) is 0 Å². The molecule has 0 radical (unpaired) electrons. The molecule has 2 nitrogen and oxygen atoms in total. The highest BCUT2D eigenvalue weighted by Gasteiger charge is 2.08. The van der Waals surface area contributed by atoms with E-state index in [9.17, 15) is 0 Å². The van der Waals surface area contributed by atoms with Crippen LogP contribution in [-0.2, 0) is 13.1 Å². The highest BCUT2D eigenvalue weighted by Crippen LogP contribution is 2.28. The van der Waals surface area contributed by atoms with Crippen LogP contribution in [-0.4, -0.2) is 6.61 Å². The number of hydrogen-bond donors (Lipinski definition) is 1. The lowest BCUT2D eigenvalue weighted by molar-refractivity contribution is 0.306. The van der Waals surface area contributed by atoms with Gasteiger partial charge in [0, 0.05) is 18.7 Å². The van der Waals surface area contributed by atoms with E-state index < -0.39 is 0 Å². The quantitative estimate of drug-likeness (QED) is 0.568. The summed E-state index contributed by atoms with van der Waals surface area (Å²) in [6.07, 6.45) is 2.24. The second-order valence-electron chi connectivity index (χ2n) is 6.05. The maximum Gasteiger partial charge on any atom is 0.124 e. The van der Waals surface area contributed by atoms with E-state index in [2.05, 4.69) is 72.9 Å². The first-order valence-electron chi connectivity index (χ1n) is 8.76. The number of ether oxygens (including phenoxy) is 1. The molecule has 2 heteroatoms. The van der Waals surface area contributed by atoms with Gasteiger partial charge in [0.2, 0.25) is 0 Å². The van der Waals surface area contributed by atoms with Gasteiger partial charge in [-0.25, -0.2) is 0 Å². The summed E-state index contributed by atoms with van der Waals surface area (Å²) in [7, 11) is 0. The summed E-state index contributed by atoms with van der Waals surface area (Å²) in [6, 6.07) is 23.3. The molecule has 24 heavy (non-hydrogen) atoms. The molecule has 0 aliphatic heterocycles. The van der Waals surface area contributed by atoms with Crippen molar-refractivity contribution in [3.05, 3.63) is 77.9 Å². The average molecular weight is 319 g/mol. The van der Waals surface area contributed by atoms with E-state index in [0.717, 1.165) is 38.3 Å². The molecule has 3 rings (SSSR count). The monoisotopic (exact) mass is 319 g/mol. The van der Waals surface area contributed by atoms with Gasteiger partial charge in [0.25, 0.3) is 0 Å². The van der Waals surface area contributed by atoms with Gasteiger partial charge in [-0.1, -0.05) is 74.0 Å². The highest BCUT2D eigenvalue weighted by molar-refractivity contribution is 5.87. The number of fused-ring (bicyclic) bond motifs is 1. The van der Waals surface area contributed by atoms with Gasteiger partial charge in [0.15, 0.2) is 0 Å². The summed E-state index contributed by atoms with van der Waals surface area (Å²) in [5, 5.41) is 6.09. The summed E-state index contributed by atoms with van der Waals surface area (Å²) in [6.45, 7) is 4.63. The smallest absolute Gasteiger partial charge is 0.124 e. The summed E-state index contributed by atoms with van der Waals surface area (Å²) in [5.74, 6) is 1.00. The molecule has 0 spiro atoms. The van der Waals surface area contributed by atoms with Gasteiger partial charge in [-0.15, -0.1) is 0 Å². The van der Waals surface area contributed by atoms with Gasteiger partial charge < -0.3 is 10.1 Å². The lowest BCUT2D eigenvalue weighted by Crippen LogP contribution is -2.14. The van der Waals surface area contributed by atoms with Crippen LogP contribution in [0.1, 0.15) is 30.9 Å². The third-order valence-electron chi connectivity index (χ3n) is 4.23. The molecule has 3 aromatic rings. The van der Waals surface area contributed by atoms with Crippen molar-refractivity contribution >= 4 is 10.8 Å². The van der Waals surface area contributed by atoms with Crippen molar-refractivity contribution in [3.8, 4) is 5.75 Å². The van der Waals surface area contributed by atoms with Gasteiger partial charge in [0.05, 0.1) is 6.61 Å². The standard InChI is InChI=1S/C22H25NO/c1-2-3-15-24-22-14-13-19-11-7-8-12-20(19)21(22)17-23-16-18-9-5-4-6-10-18/h4-14,23H,2-3,15-17H2,1H3. The second kappa shape index (κ2) is 8.51. The fraction of sp³-hybridized carbons (Fsp3) is 0.273. The Kier molecular flexibility index (Phi) is 5.86. The lowest BCUT2D eigenvalue weighted by atomic mass is 10.0. The van der Waals surface area contributed by atoms with E-state index in [1.165, 1.54) is 21.9 Å². The number of unbranched alkanes of at least 4 members (excludes halogenated alkanes) is 1. The van der Waals surface area contributed by atoms with Crippen molar-refractivity contribution in [2.75, 3.05) is 6.61 Å².